The van der Waals surface area contributed by atoms with Crippen molar-refractivity contribution in [2.45, 2.75) is 38.8 Å². The van der Waals surface area contributed by atoms with Gasteiger partial charge in [-0.1, -0.05) is 17.2 Å². The summed E-state index contributed by atoms with van der Waals surface area (Å²) in [6, 6.07) is 8.17. The number of amides is 3. The highest BCUT2D eigenvalue weighted by Gasteiger charge is 2.47. The third kappa shape index (κ3) is 3.22. The van der Waals surface area contributed by atoms with Gasteiger partial charge in [0.25, 0.3) is 11.8 Å². The van der Waals surface area contributed by atoms with Crippen LogP contribution in [0.3, 0.4) is 0 Å². The summed E-state index contributed by atoms with van der Waals surface area (Å²) in [4.78, 5) is 56.9. The van der Waals surface area contributed by atoms with Crippen LogP contribution in [0.15, 0.2) is 40.8 Å². The summed E-state index contributed by atoms with van der Waals surface area (Å²) in [6.45, 7) is 3.56. The Morgan fingerprint density at radius 2 is 1.73 bits per heavy atom. The number of hydrogen-bond donors (Lipinski definition) is 0. The third-order valence-electron chi connectivity index (χ3n) is 5.16. The van der Waals surface area contributed by atoms with Crippen LogP contribution in [0.1, 0.15) is 58.0 Å². The van der Waals surface area contributed by atoms with Crippen LogP contribution in [-0.2, 0) is 14.4 Å². The number of fused-ring (bicyclic) bond motifs is 1. The van der Waals surface area contributed by atoms with Gasteiger partial charge in [0.15, 0.2) is 0 Å². The van der Waals surface area contributed by atoms with Crippen LogP contribution >= 0.6 is 0 Å². The number of benzene rings is 1. The standard InChI is InChI=1S/C21H20N2O7/c1-3-28-21(27)22-15(17-11-8-12(2)29-17)9-10-16(22)20(26)30-23-18(24)13-6-4-5-7-14(13)19(23)25/h4-8,11,15-16H,3,9-10H2,1-2H3. The largest absolute Gasteiger partial charge is 0.464 e. The maximum Gasteiger partial charge on any atom is 0.411 e. The van der Waals surface area contributed by atoms with E-state index in [1.54, 1.807) is 38.1 Å². The van der Waals surface area contributed by atoms with E-state index in [2.05, 4.69) is 0 Å². The number of aryl methyl sites for hydroxylation is 1. The molecule has 156 valence electrons. The summed E-state index contributed by atoms with van der Waals surface area (Å²) < 4.78 is 10.8. The van der Waals surface area contributed by atoms with Crippen molar-refractivity contribution >= 4 is 23.9 Å². The van der Waals surface area contributed by atoms with Gasteiger partial charge in [-0.3, -0.25) is 14.5 Å². The predicted molar refractivity (Wildman–Crippen MR) is 101 cm³/mol. The number of carbonyl (C=O) groups excluding carboxylic acids is 4. The van der Waals surface area contributed by atoms with Gasteiger partial charge >= 0.3 is 12.1 Å². The van der Waals surface area contributed by atoms with E-state index in [1.807, 2.05) is 0 Å². The second-order valence-corrected chi connectivity index (χ2v) is 7.02. The van der Waals surface area contributed by atoms with Crippen molar-refractivity contribution in [3.8, 4) is 0 Å². The Morgan fingerprint density at radius 1 is 1.07 bits per heavy atom. The van der Waals surface area contributed by atoms with E-state index in [9.17, 15) is 19.2 Å². The summed E-state index contributed by atoms with van der Waals surface area (Å²) >= 11 is 0. The molecule has 3 heterocycles. The fourth-order valence-electron chi connectivity index (χ4n) is 3.81. The zero-order valence-corrected chi connectivity index (χ0v) is 16.5. The Labute approximate surface area is 172 Å². The number of furan rings is 1. The Morgan fingerprint density at radius 3 is 2.30 bits per heavy atom. The molecular formula is C21H20N2O7. The number of carbonyl (C=O) groups is 4. The van der Waals surface area contributed by atoms with Crippen LogP contribution in [0, 0.1) is 6.92 Å². The molecule has 9 heteroatoms. The first kappa shape index (κ1) is 19.7. The monoisotopic (exact) mass is 412 g/mol. The zero-order chi connectivity index (χ0) is 21.4. The fraction of sp³-hybridized carbons (Fsp3) is 0.333. The molecule has 2 aromatic rings. The number of likely N-dealkylation sites (tertiary alicyclic amines) is 1. The second kappa shape index (κ2) is 7.66. The molecule has 1 fully saturated rings. The topological polar surface area (TPSA) is 106 Å². The normalized spacial score (nSPS) is 20.5. The Hall–Kier alpha value is -3.62. The number of hydroxylamine groups is 2. The Balaban J connectivity index is 1.56. The van der Waals surface area contributed by atoms with Crippen LogP contribution in [0.4, 0.5) is 4.79 Å². The molecule has 0 spiro atoms. The number of imide groups is 1. The van der Waals surface area contributed by atoms with Gasteiger partial charge in [0, 0.05) is 0 Å². The molecule has 1 aromatic heterocycles. The van der Waals surface area contributed by atoms with E-state index in [0.29, 0.717) is 23.0 Å². The Kier molecular flexibility index (Phi) is 5.03. The van der Waals surface area contributed by atoms with Crippen LogP contribution in [0.2, 0.25) is 0 Å². The molecular weight excluding hydrogens is 392 g/mol. The third-order valence-corrected chi connectivity index (χ3v) is 5.16. The molecule has 2 aliphatic heterocycles. The van der Waals surface area contributed by atoms with Crippen molar-refractivity contribution in [2.24, 2.45) is 0 Å². The minimum Gasteiger partial charge on any atom is -0.464 e. The van der Waals surface area contributed by atoms with Crippen LogP contribution in [0.5, 0.6) is 0 Å². The average Bonchev–Trinajstić information content (AvgIpc) is 3.42. The van der Waals surface area contributed by atoms with E-state index < -0.39 is 36.0 Å². The number of rotatable bonds is 4. The summed E-state index contributed by atoms with van der Waals surface area (Å²) in [5, 5.41) is 0.445. The summed E-state index contributed by atoms with van der Waals surface area (Å²) in [5.41, 5.74) is 0.320. The second-order valence-electron chi connectivity index (χ2n) is 7.02. The van der Waals surface area contributed by atoms with Gasteiger partial charge in [0.2, 0.25) is 0 Å². The predicted octanol–water partition coefficient (Wildman–Crippen LogP) is 3.00. The lowest BCUT2D eigenvalue weighted by molar-refractivity contribution is -0.173. The molecule has 2 unspecified atom stereocenters. The number of nitrogens with zero attached hydrogens (tertiary/aromatic N) is 2. The molecule has 0 N–H and O–H groups in total. The molecule has 30 heavy (non-hydrogen) atoms. The van der Waals surface area contributed by atoms with Gasteiger partial charge in [-0.05, 0) is 51.0 Å². The summed E-state index contributed by atoms with van der Waals surface area (Å²) in [5.74, 6) is -1.13. The molecule has 0 aliphatic carbocycles. The zero-order valence-electron chi connectivity index (χ0n) is 16.5. The number of ether oxygens (including phenoxy) is 1. The molecule has 2 atom stereocenters. The van der Waals surface area contributed by atoms with Gasteiger partial charge in [-0.2, -0.15) is 0 Å². The molecule has 4 rings (SSSR count). The first-order valence-electron chi connectivity index (χ1n) is 9.63. The Bertz CT molecular complexity index is 993. The lowest BCUT2D eigenvalue weighted by atomic mass is 10.1. The average molecular weight is 412 g/mol. The van der Waals surface area contributed by atoms with Crippen molar-refractivity contribution < 1.29 is 33.2 Å². The first-order chi connectivity index (χ1) is 14.4. The molecule has 1 aromatic carbocycles. The van der Waals surface area contributed by atoms with Gasteiger partial charge in [-0.25, -0.2) is 9.59 Å². The van der Waals surface area contributed by atoms with Gasteiger partial charge in [0.1, 0.15) is 17.6 Å². The van der Waals surface area contributed by atoms with Crippen LogP contribution in [0.25, 0.3) is 0 Å². The molecule has 0 radical (unpaired) electrons. The van der Waals surface area contributed by atoms with Crippen molar-refractivity contribution in [2.75, 3.05) is 6.61 Å². The van der Waals surface area contributed by atoms with E-state index >= 15 is 0 Å². The fourth-order valence-corrected chi connectivity index (χ4v) is 3.81. The van der Waals surface area contributed by atoms with Gasteiger partial charge in [0.05, 0.1) is 23.8 Å². The quantitative estimate of drug-likeness (QED) is 0.711. The highest BCUT2D eigenvalue weighted by molar-refractivity contribution is 6.20. The molecule has 2 aliphatic rings. The van der Waals surface area contributed by atoms with Crippen molar-refractivity contribution in [1.82, 2.24) is 9.96 Å². The molecule has 0 saturated carbocycles. The highest BCUT2D eigenvalue weighted by Crippen LogP contribution is 2.38. The van der Waals surface area contributed by atoms with Gasteiger partial charge in [-0.15, -0.1) is 0 Å². The molecule has 3 amide bonds. The lowest BCUT2D eigenvalue weighted by Crippen LogP contribution is -2.45. The molecule has 9 nitrogen and oxygen atoms in total. The lowest BCUT2D eigenvalue weighted by Gasteiger charge is -2.27. The molecule has 0 bridgehead atoms. The maximum atomic E-state index is 12.9. The minimum absolute atomic E-state index is 0.124. The summed E-state index contributed by atoms with van der Waals surface area (Å²) in [7, 11) is 0. The van der Waals surface area contributed by atoms with Crippen molar-refractivity contribution in [3.05, 3.63) is 59.0 Å². The molecule has 1 saturated heterocycles. The van der Waals surface area contributed by atoms with Crippen molar-refractivity contribution in [3.63, 3.8) is 0 Å². The van der Waals surface area contributed by atoms with Gasteiger partial charge < -0.3 is 14.0 Å². The first-order valence-corrected chi connectivity index (χ1v) is 9.63. The van der Waals surface area contributed by atoms with E-state index in [4.69, 9.17) is 14.0 Å². The summed E-state index contributed by atoms with van der Waals surface area (Å²) in [6.07, 6.45) is 0.0113. The van der Waals surface area contributed by atoms with E-state index in [1.165, 1.54) is 17.0 Å². The van der Waals surface area contributed by atoms with Crippen LogP contribution < -0.4 is 0 Å². The smallest absolute Gasteiger partial charge is 0.411 e. The SMILES string of the molecule is CCOC(=O)N1C(C(=O)ON2C(=O)c3ccccc3C2=O)CCC1c1ccc(C)o1. The van der Waals surface area contributed by atoms with E-state index in [0.717, 1.165) is 0 Å². The minimum atomic E-state index is -1.02. The number of hydrogen-bond acceptors (Lipinski definition) is 7. The van der Waals surface area contributed by atoms with Crippen molar-refractivity contribution in [1.29, 1.82) is 0 Å². The van der Waals surface area contributed by atoms with Crippen LogP contribution in [-0.4, -0.2) is 46.5 Å². The van der Waals surface area contributed by atoms with E-state index in [-0.39, 0.29) is 24.2 Å². The maximum absolute atomic E-state index is 12.9. The highest BCUT2D eigenvalue weighted by atomic mass is 16.7.